The average Bonchev–Trinajstić information content (AvgIpc) is 3.04. The Balaban J connectivity index is 1.62. The van der Waals surface area contributed by atoms with Gasteiger partial charge >= 0.3 is 0 Å². The summed E-state index contributed by atoms with van der Waals surface area (Å²) < 4.78 is 0. The lowest BCUT2D eigenvalue weighted by Crippen LogP contribution is -2.22. The lowest BCUT2D eigenvalue weighted by Gasteiger charge is -2.20. The Morgan fingerprint density at radius 3 is 2.70 bits per heavy atom. The van der Waals surface area contributed by atoms with Gasteiger partial charge in [-0.2, -0.15) is 0 Å². The summed E-state index contributed by atoms with van der Waals surface area (Å²) in [5, 5.41) is 15.0. The van der Waals surface area contributed by atoms with Gasteiger partial charge in [-0.25, -0.2) is 15.0 Å². The van der Waals surface area contributed by atoms with Crippen LogP contribution in [0.2, 0.25) is 0 Å². The molecule has 2 atom stereocenters. The highest BCUT2D eigenvalue weighted by Crippen LogP contribution is 2.35. The molecule has 0 aliphatic heterocycles. The number of benzene rings is 2. The van der Waals surface area contributed by atoms with E-state index in [1.807, 2.05) is 36.4 Å². The number of nitrogens with zero attached hydrogens (tertiary/aromatic N) is 4. The van der Waals surface area contributed by atoms with Gasteiger partial charge in [0.1, 0.15) is 11.5 Å². The molecule has 0 fully saturated rings. The molecule has 6 heteroatoms. The van der Waals surface area contributed by atoms with Crippen molar-refractivity contribution >= 4 is 16.7 Å². The summed E-state index contributed by atoms with van der Waals surface area (Å²) in [5.74, 6) is 1.19. The molecule has 6 nitrogen and oxygen atoms in total. The van der Waals surface area contributed by atoms with Gasteiger partial charge in [-0.3, -0.25) is 4.98 Å². The number of rotatable bonds is 3. The Morgan fingerprint density at radius 2 is 1.81 bits per heavy atom. The number of hydrogen-bond acceptors (Lipinski definition) is 6. The molecule has 2 heterocycles. The van der Waals surface area contributed by atoms with Crippen LogP contribution >= 0.6 is 0 Å². The largest absolute Gasteiger partial charge is 0.390 e. The van der Waals surface area contributed by atoms with Crippen molar-refractivity contribution in [3.8, 4) is 11.5 Å². The summed E-state index contributed by atoms with van der Waals surface area (Å²) in [5.41, 5.74) is 3.69. The molecule has 2 aromatic heterocycles. The van der Waals surface area contributed by atoms with E-state index in [9.17, 15) is 5.11 Å². The summed E-state index contributed by atoms with van der Waals surface area (Å²) in [6.07, 6.45) is 5.02. The average molecular weight is 355 g/mol. The fraction of sp³-hybridized carbons (Fsp3) is 0.143. The highest BCUT2D eigenvalue weighted by atomic mass is 16.3. The van der Waals surface area contributed by atoms with E-state index < -0.39 is 6.10 Å². The van der Waals surface area contributed by atoms with Crippen LogP contribution in [0, 0.1) is 0 Å². The molecule has 0 saturated carbocycles. The first-order chi connectivity index (χ1) is 13.3. The normalized spacial score (nSPS) is 18.4. The van der Waals surface area contributed by atoms with Crippen LogP contribution in [0.1, 0.15) is 17.2 Å². The molecule has 0 bridgehead atoms. The van der Waals surface area contributed by atoms with Crippen molar-refractivity contribution in [3.63, 3.8) is 0 Å². The maximum Gasteiger partial charge on any atom is 0.182 e. The van der Waals surface area contributed by atoms with Gasteiger partial charge in [0, 0.05) is 24.2 Å². The van der Waals surface area contributed by atoms with Gasteiger partial charge in [0.2, 0.25) is 0 Å². The molecule has 0 amide bonds. The Labute approximate surface area is 156 Å². The molecule has 4 aromatic rings. The number of aliphatic hydroxyl groups excluding tert-OH is 1. The van der Waals surface area contributed by atoms with Gasteiger partial charge < -0.3 is 10.4 Å². The number of hydrogen-bond donors (Lipinski definition) is 2. The van der Waals surface area contributed by atoms with Crippen molar-refractivity contribution in [3.05, 3.63) is 78.2 Å². The predicted molar refractivity (Wildman–Crippen MR) is 103 cm³/mol. The van der Waals surface area contributed by atoms with Crippen LogP contribution < -0.4 is 5.32 Å². The molecule has 1 aliphatic carbocycles. The molecule has 2 N–H and O–H groups in total. The molecule has 1 unspecified atom stereocenters. The van der Waals surface area contributed by atoms with E-state index in [0.29, 0.717) is 23.8 Å². The third kappa shape index (κ3) is 2.80. The highest BCUT2D eigenvalue weighted by molar-refractivity contribution is 5.90. The summed E-state index contributed by atoms with van der Waals surface area (Å²) in [6.45, 7) is 0. The second kappa shape index (κ2) is 6.41. The lowest BCUT2D eigenvalue weighted by atomic mass is 10.1. The first-order valence-corrected chi connectivity index (χ1v) is 8.85. The van der Waals surface area contributed by atoms with E-state index in [1.165, 1.54) is 0 Å². The van der Waals surface area contributed by atoms with Crippen LogP contribution in [0.5, 0.6) is 0 Å². The second-order valence-electron chi connectivity index (χ2n) is 6.60. The van der Waals surface area contributed by atoms with Gasteiger partial charge in [-0.15, -0.1) is 0 Å². The third-order valence-corrected chi connectivity index (χ3v) is 4.89. The van der Waals surface area contributed by atoms with Crippen molar-refractivity contribution in [2.24, 2.45) is 0 Å². The fourth-order valence-electron chi connectivity index (χ4n) is 3.61. The minimum Gasteiger partial charge on any atom is -0.390 e. The molecule has 27 heavy (non-hydrogen) atoms. The van der Waals surface area contributed by atoms with Gasteiger partial charge in [0.15, 0.2) is 5.82 Å². The molecular weight excluding hydrogens is 338 g/mol. The number of fused-ring (bicyclic) bond motifs is 2. The van der Waals surface area contributed by atoms with Crippen molar-refractivity contribution < 1.29 is 5.11 Å². The van der Waals surface area contributed by atoms with E-state index in [0.717, 1.165) is 22.0 Å². The van der Waals surface area contributed by atoms with E-state index in [4.69, 9.17) is 4.98 Å². The van der Waals surface area contributed by atoms with Crippen LogP contribution in [-0.2, 0) is 6.42 Å². The zero-order chi connectivity index (χ0) is 18.2. The lowest BCUT2D eigenvalue weighted by molar-refractivity contribution is 0.165. The van der Waals surface area contributed by atoms with Gasteiger partial charge in [0.25, 0.3) is 0 Å². The molecule has 0 saturated heterocycles. The van der Waals surface area contributed by atoms with Crippen LogP contribution in [-0.4, -0.2) is 31.1 Å². The Hall–Kier alpha value is -3.38. The van der Waals surface area contributed by atoms with Crippen LogP contribution in [0.3, 0.4) is 0 Å². The first kappa shape index (κ1) is 15.8. The number of aromatic nitrogens is 4. The molecular formula is C21H17N5O. The van der Waals surface area contributed by atoms with E-state index in [1.54, 1.807) is 18.6 Å². The van der Waals surface area contributed by atoms with Gasteiger partial charge in [0.05, 0.1) is 23.9 Å². The smallest absolute Gasteiger partial charge is 0.182 e. The first-order valence-electron chi connectivity index (χ1n) is 8.85. The monoisotopic (exact) mass is 355 g/mol. The van der Waals surface area contributed by atoms with Crippen LogP contribution in [0.15, 0.2) is 67.1 Å². The molecule has 0 radical (unpaired) electrons. The molecule has 5 rings (SSSR count). The summed E-state index contributed by atoms with van der Waals surface area (Å²) >= 11 is 0. The maximum atomic E-state index is 10.6. The summed E-state index contributed by atoms with van der Waals surface area (Å²) in [7, 11) is 0. The maximum absolute atomic E-state index is 10.6. The molecule has 1 aliphatic rings. The Bertz CT molecular complexity index is 1120. The quantitative estimate of drug-likeness (QED) is 0.587. The Kier molecular flexibility index (Phi) is 3.76. The SMILES string of the molecule is O[C@@H]1Cc2ccccc2C1Nc1nc(-c2cnccn2)nc2ccccc12. The van der Waals surface area contributed by atoms with Crippen LogP contribution in [0.4, 0.5) is 5.82 Å². The molecule has 0 spiro atoms. The minimum absolute atomic E-state index is 0.214. The van der Waals surface area contributed by atoms with Crippen molar-refractivity contribution in [2.45, 2.75) is 18.6 Å². The highest BCUT2D eigenvalue weighted by Gasteiger charge is 2.31. The van der Waals surface area contributed by atoms with E-state index in [2.05, 4.69) is 32.4 Å². The minimum atomic E-state index is -0.504. The van der Waals surface area contributed by atoms with Crippen molar-refractivity contribution in [1.29, 1.82) is 0 Å². The predicted octanol–water partition coefficient (Wildman–Crippen LogP) is 3.16. The third-order valence-electron chi connectivity index (χ3n) is 4.89. The number of nitrogens with one attached hydrogen (secondary N) is 1. The molecule has 132 valence electrons. The van der Waals surface area contributed by atoms with Crippen molar-refractivity contribution in [2.75, 3.05) is 5.32 Å². The summed E-state index contributed by atoms with van der Waals surface area (Å²) in [6, 6.07) is 15.7. The Morgan fingerprint density at radius 1 is 0.963 bits per heavy atom. The number of aliphatic hydroxyl groups is 1. The zero-order valence-electron chi connectivity index (χ0n) is 14.4. The standard InChI is InChI=1S/C21H17N5O/c27-18-11-13-5-1-2-6-14(13)19(18)25-20-15-7-3-4-8-16(15)24-21(26-20)17-12-22-9-10-23-17/h1-10,12,18-19,27H,11H2,(H,24,25,26)/t18-,19?/m1/s1. The zero-order valence-corrected chi connectivity index (χ0v) is 14.4. The second-order valence-corrected chi connectivity index (χ2v) is 6.60. The number of para-hydroxylation sites is 1. The van der Waals surface area contributed by atoms with E-state index in [-0.39, 0.29) is 6.04 Å². The number of anilines is 1. The molecule has 2 aromatic carbocycles. The van der Waals surface area contributed by atoms with Gasteiger partial charge in [-0.1, -0.05) is 36.4 Å². The van der Waals surface area contributed by atoms with E-state index >= 15 is 0 Å². The fourth-order valence-corrected chi connectivity index (χ4v) is 3.61. The van der Waals surface area contributed by atoms with Crippen LogP contribution in [0.25, 0.3) is 22.4 Å². The van der Waals surface area contributed by atoms with Gasteiger partial charge in [-0.05, 0) is 23.3 Å². The van der Waals surface area contributed by atoms with Crippen molar-refractivity contribution in [1.82, 2.24) is 19.9 Å². The summed E-state index contributed by atoms with van der Waals surface area (Å²) in [4.78, 5) is 17.8. The topological polar surface area (TPSA) is 83.8 Å².